The number of nitrogens with one attached hydrogen (secondary N) is 1. The first kappa shape index (κ1) is 13.3. The normalized spacial score (nSPS) is 31.6. The Morgan fingerprint density at radius 3 is 2.81 bits per heavy atom. The minimum Gasteiger partial charge on any atom is -0.338 e. The lowest BCUT2D eigenvalue weighted by molar-refractivity contribution is -0.138. The van der Waals surface area contributed by atoms with Crippen molar-refractivity contribution in [1.82, 2.24) is 10.2 Å². The third kappa shape index (κ3) is 2.38. The molecule has 2 aliphatic heterocycles. The lowest BCUT2D eigenvalue weighted by Crippen LogP contribution is -2.55. The van der Waals surface area contributed by atoms with Crippen LogP contribution in [-0.4, -0.2) is 29.4 Å². The molecule has 3 nitrogen and oxygen atoms in total. The Kier molecular flexibility index (Phi) is 3.46. The number of hydrogen-bond donors (Lipinski definition) is 1. The highest BCUT2D eigenvalue weighted by atomic mass is 16.2. The van der Waals surface area contributed by atoms with E-state index in [0.717, 1.165) is 25.4 Å². The summed E-state index contributed by atoms with van der Waals surface area (Å²) in [5.74, 6) is 1.12. The first-order valence-corrected chi connectivity index (χ1v) is 8.43. The minimum atomic E-state index is -0.0146. The lowest BCUT2D eigenvalue weighted by atomic mass is 9.90. The van der Waals surface area contributed by atoms with Gasteiger partial charge in [-0.15, -0.1) is 0 Å². The van der Waals surface area contributed by atoms with Gasteiger partial charge in [0.05, 0.1) is 6.04 Å². The molecule has 1 amide bonds. The predicted octanol–water partition coefficient (Wildman–Crippen LogP) is 2.49. The van der Waals surface area contributed by atoms with E-state index in [1.165, 1.54) is 43.2 Å². The van der Waals surface area contributed by atoms with E-state index in [1.54, 1.807) is 0 Å². The number of likely N-dealkylation sites (tertiary alicyclic amines) is 1. The fourth-order valence-corrected chi connectivity index (χ4v) is 4.56. The highest BCUT2D eigenvalue weighted by Gasteiger charge is 2.39. The molecule has 1 aliphatic carbocycles. The highest BCUT2D eigenvalue weighted by molar-refractivity contribution is 5.83. The second kappa shape index (κ2) is 5.45. The summed E-state index contributed by atoms with van der Waals surface area (Å²) in [7, 11) is 0. The maximum Gasteiger partial charge on any atom is 0.240 e. The van der Waals surface area contributed by atoms with Crippen molar-refractivity contribution < 1.29 is 4.79 Å². The van der Waals surface area contributed by atoms with Crippen molar-refractivity contribution in [2.75, 3.05) is 6.54 Å². The zero-order valence-electron chi connectivity index (χ0n) is 12.6. The maximum atomic E-state index is 13.0. The van der Waals surface area contributed by atoms with Crippen LogP contribution in [0.2, 0.25) is 0 Å². The average Bonchev–Trinajstić information content (AvgIpc) is 3.02. The van der Waals surface area contributed by atoms with Gasteiger partial charge in [-0.25, -0.2) is 0 Å². The molecule has 1 N–H and O–H groups in total. The van der Waals surface area contributed by atoms with Gasteiger partial charge in [-0.3, -0.25) is 4.79 Å². The summed E-state index contributed by atoms with van der Waals surface area (Å²) in [6, 6.07) is 9.02. The summed E-state index contributed by atoms with van der Waals surface area (Å²) in [4.78, 5) is 15.2. The van der Waals surface area contributed by atoms with Crippen molar-refractivity contribution in [3.63, 3.8) is 0 Å². The molecule has 2 heterocycles. The van der Waals surface area contributed by atoms with E-state index >= 15 is 0 Å². The smallest absolute Gasteiger partial charge is 0.240 e. The van der Waals surface area contributed by atoms with Gasteiger partial charge in [0.2, 0.25) is 5.91 Å². The summed E-state index contributed by atoms with van der Waals surface area (Å²) in [5.41, 5.74) is 2.69. The Hall–Kier alpha value is -1.35. The Labute approximate surface area is 126 Å². The number of carbonyl (C=O) groups is 1. The SMILES string of the molecule is O=C([C@H]1Cc2ccccc2CN1)N1CCCC2CCCC21. The van der Waals surface area contributed by atoms with E-state index in [0.29, 0.717) is 11.9 Å². The van der Waals surface area contributed by atoms with E-state index in [2.05, 4.69) is 34.5 Å². The summed E-state index contributed by atoms with van der Waals surface area (Å²) in [5, 5.41) is 3.46. The van der Waals surface area contributed by atoms with E-state index in [9.17, 15) is 4.79 Å². The molecule has 2 unspecified atom stereocenters. The third-order valence-electron chi connectivity index (χ3n) is 5.66. The molecule has 1 aromatic rings. The first-order chi connectivity index (χ1) is 10.3. The van der Waals surface area contributed by atoms with Crippen LogP contribution in [0.4, 0.5) is 0 Å². The van der Waals surface area contributed by atoms with Crippen LogP contribution < -0.4 is 5.32 Å². The van der Waals surface area contributed by atoms with Gasteiger partial charge in [0.1, 0.15) is 0 Å². The molecule has 0 radical (unpaired) electrons. The van der Waals surface area contributed by atoms with Crippen LogP contribution in [0.15, 0.2) is 24.3 Å². The van der Waals surface area contributed by atoms with Crippen LogP contribution in [0, 0.1) is 5.92 Å². The Balaban J connectivity index is 1.50. The Bertz CT molecular complexity index is 542. The van der Waals surface area contributed by atoms with Gasteiger partial charge in [-0.2, -0.15) is 0 Å². The zero-order chi connectivity index (χ0) is 14.2. The molecule has 2 fully saturated rings. The number of rotatable bonds is 1. The predicted molar refractivity (Wildman–Crippen MR) is 82.8 cm³/mol. The van der Waals surface area contributed by atoms with Gasteiger partial charge in [0.25, 0.3) is 0 Å². The minimum absolute atomic E-state index is 0.0146. The molecule has 1 saturated carbocycles. The number of benzene rings is 1. The van der Waals surface area contributed by atoms with Gasteiger partial charge >= 0.3 is 0 Å². The molecular weight excluding hydrogens is 260 g/mol. The summed E-state index contributed by atoms with van der Waals surface area (Å²) < 4.78 is 0. The number of hydrogen-bond acceptors (Lipinski definition) is 2. The molecule has 21 heavy (non-hydrogen) atoms. The largest absolute Gasteiger partial charge is 0.338 e. The molecule has 3 atom stereocenters. The molecule has 1 saturated heterocycles. The fourth-order valence-electron chi connectivity index (χ4n) is 4.56. The van der Waals surface area contributed by atoms with Crippen molar-refractivity contribution >= 4 is 5.91 Å². The van der Waals surface area contributed by atoms with Crippen LogP contribution >= 0.6 is 0 Å². The molecule has 0 bridgehead atoms. The number of fused-ring (bicyclic) bond motifs is 2. The second-order valence-electron chi connectivity index (χ2n) is 6.84. The molecule has 1 aromatic carbocycles. The van der Waals surface area contributed by atoms with Gasteiger partial charge in [0.15, 0.2) is 0 Å². The van der Waals surface area contributed by atoms with E-state index in [-0.39, 0.29) is 6.04 Å². The van der Waals surface area contributed by atoms with Crippen molar-refractivity contribution in [2.24, 2.45) is 5.92 Å². The van der Waals surface area contributed by atoms with Crippen molar-refractivity contribution in [3.8, 4) is 0 Å². The lowest BCUT2D eigenvalue weighted by Gasteiger charge is -2.40. The molecular formula is C18H24N2O. The monoisotopic (exact) mass is 284 g/mol. The molecule has 3 heteroatoms. The molecule has 112 valence electrons. The van der Waals surface area contributed by atoms with Crippen molar-refractivity contribution in [2.45, 2.75) is 57.2 Å². The standard InChI is InChI=1S/C18H24N2O/c21-18(20-10-4-8-13-7-3-9-17(13)20)16-11-14-5-1-2-6-15(14)12-19-16/h1-2,5-6,13,16-17,19H,3-4,7-12H2/t13?,16-,17?/m1/s1. The van der Waals surface area contributed by atoms with Gasteiger partial charge in [-0.05, 0) is 49.1 Å². The molecule has 3 aliphatic rings. The topological polar surface area (TPSA) is 32.3 Å². The number of amides is 1. The average molecular weight is 284 g/mol. The molecule has 4 rings (SSSR count). The van der Waals surface area contributed by atoms with Gasteiger partial charge in [-0.1, -0.05) is 30.7 Å². The van der Waals surface area contributed by atoms with Crippen LogP contribution in [0.25, 0.3) is 0 Å². The van der Waals surface area contributed by atoms with E-state index < -0.39 is 0 Å². The Morgan fingerprint density at radius 1 is 1.10 bits per heavy atom. The number of nitrogens with zero attached hydrogens (tertiary/aromatic N) is 1. The highest BCUT2D eigenvalue weighted by Crippen LogP contribution is 2.37. The molecule has 0 aromatic heterocycles. The Morgan fingerprint density at radius 2 is 1.90 bits per heavy atom. The van der Waals surface area contributed by atoms with E-state index in [4.69, 9.17) is 0 Å². The summed E-state index contributed by atoms with van der Waals surface area (Å²) in [6.07, 6.45) is 7.23. The van der Waals surface area contributed by atoms with Crippen molar-refractivity contribution in [1.29, 1.82) is 0 Å². The summed E-state index contributed by atoms with van der Waals surface area (Å²) >= 11 is 0. The van der Waals surface area contributed by atoms with Gasteiger partial charge < -0.3 is 10.2 Å². The number of carbonyl (C=O) groups excluding carboxylic acids is 1. The van der Waals surface area contributed by atoms with Crippen LogP contribution in [-0.2, 0) is 17.8 Å². The zero-order valence-corrected chi connectivity index (χ0v) is 12.6. The second-order valence-corrected chi connectivity index (χ2v) is 6.84. The van der Waals surface area contributed by atoms with Crippen LogP contribution in [0.5, 0.6) is 0 Å². The third-order valence-corrected chi connectivity index (χ3v) is 5.66. The van der Waals surface area contributed by atoms with Crippen molar-refractivity contribution in [3.05, 3.63) is 35.4 Å². The quantitative estimate of drug-likeness (QED) is 0.859. The maximum absolute atomic E-state index is 13.0. The molecule has 0 spiro atoms. The first-order valence-electron chi connectivity index (χ1n) is 8.43. The van der Waals surface area contributed by atoms with Gasteiger partial charge in [0, 0.05) is 19.1 Å². The van der Waals surface area contributed by atoms with E-state index in [1.807, 2.05) is 0 Å². The summed E-state index contributed by atoms with van der Waals surface area (Å²) in [6.45, 7) is 1.80. The fraction of sp³-hybridized carbons (Fsp3) is 0.611. The van der Waals surface area contributed by atoms with Crippen LogP contribution in [0.1, 0.15) is 43.2 Å². The number of piperidine rings is 1. The van der Waals surface area contributed by atoms with Crippen LogP contribution in [0.3, 0.4) is 0 Å².